The van der Waals surface area contributed by atoms with Gasteiger partial charge in [-0.1, -0.05) is 37.3 Å². The van der Waals surface area contributed by atoms with Gasteiger partial charge in [-0.3, -0.25) is 4.79 Å². The van der Waals surface area contributed by atoms with E-state index < -0.39 is 18.4 Å². The molecule has 2 N–H and O–H groups in total. The fourth-order valence-corrected chi connectivity index (χ4v) is 3.15. The first-order valence-corrected chi connectivity index (χ1v) is 7.89. The molecule has 24 heavy (non-hydrogen) atoms. The lowest BCUT2D eigenvalue weighted by atomic mass is 10.1. The summed E-state index contributed by atoms with van der Waals surface area (Å²) in [6.07, 6.45) is 0.609. The van der Waals surface area contributed by atoms with Crippen LogP contribution in [0.15, 0.2) is 36.7 Å². The Kier molecular flexibility index (Phi) is 3.79. The highest BCUT2D eigenvalue weighted by molar-refractivity contribution is 5.88. The second-order valence-electron chi connectivity index (χ2n) is 5.83. The van der Waals surface area contributed by atoms with Gasteiger partial charge in [0.2, 0.25) is 5.82 Å². The van der Waals surface area contributed by atoms with Crippen LogP contribution in [0.1, 0.15) is 42.0 Å². The standard InChI is InChI=1S/C16H18N4O4/c1-2-10-11-12(24-16(23-11)9-6-4-3-5-7-9)15(22-10)20-8-18-14(19-20)13(17)21/h3-8,10-12,15-16H,2H2,1H3,(H2,17,21). The molecule has 0 aliphatic carbocycles. The van der Waals surface area contributed by atoms with E-state index in [1.807, 2.05) is 37.3 Å². The van der Waals surface area contributed by atoms with Crippen molar-refractivity contribution in [1.29, 1.82) is 0 Å². The summed E-state index contributed by atoms with van der Waals surface area (Å²) in [4.78, 5) is 15.1. The van der Waals surface area contributed by atoms with Crippen molar-refractivity contribution < 1.29 is 19.0 Å². The SMILES string of the molecule is CCC1OC(n2cnc(C(N)=O)n2)C2OC(c3ccccc3)OC12. The summed E-state index contributed by atoms with van der Waals surface area (Å²) in [5.41, 5.74) is 6.17. The highest BCUT2D eigenvalue weighted by Crippen LogP contribution is 2.44. The van der Waals surface area contributed by atoms with Crippen LogP contribution in [0.2, 0.25) is 0 Å². The zero-order valence-corrected chi connectivity index (χ0v) is 13.1. The summed E-state index contributed by atoms with van der Waals surface area (Å²) in [6.45, 7) is 2.03. The molecule has 5 unspecified atom stereocenters. The predicted molar refractivity (Wildman–Crippen MR) is 81.7 cm³/mol. The van der Waals surface area contributed by atoms with Crippen molar-refractivity contribution in [1.82, 2.24) is 14.8 Å². The Morgan fingerprint density at radius 2 is 1.96 bits per heavy atom. The number of aromatic nitrogens is 3. The smallest absolute Gasteiger partial charge is 0.288 e. The molecule has 2 fully saturated rings. The second-order valence-corrected chi connectivity index (χ2v) is 5.83. The lowest BCUT2D eigenvalue weighted by molar-refractivity contribution is -0.150. The number of benzene rings is 1. The van der Waals surface area contributed by atoms with E-state index in [0.717, 1.165) is 12.0 Å². The summed E-state index contributed by atoms with van der Waals surface area (Å²) in [7, 11) is 0. The zero-order valence-electron chi connectivity index (χ0n) is 13.1. The van der Waals surface area contributed by atoms with Crippen molar-refractivity contribution in [3.8, 4) is 0 Å². The van der Waals surface area contributed by atoms with Crippen molar-refractivity contribution in [2.45, 2.75) is 44.2 Å². The van der Waals surface area contributed by atoms with Gasteiger partial charge in [0.25, 0.3) is 5.91 Å². The van der Waals surface area contributed by atoms with Crippen LogP contribution in [0.5, 0.6) is 0 Å². The number of carbonyl (C=O) groups excluding carboxylic acids is 1. The van der Waals surface area contributed by atoms with Crippen molar-refractivity contribution in [2.75, 3.05) is 0 Å². The number of carbonyl (C=O) groups is 1. The molecule has 8 heteroatoms. The molecule has 2 saturated heterocycles. The molecule has 0 radical (unpaired) electrons. The number of hydrogen-bond donors (Lipinski definition) is 1. The molecule has 4 rings (SSSR count). The van der Waals surface area contributed by atoms with E-state index in [4.69, 9.17) is 19.9 Å². The quantitative estimate of drug-likeness (QED) is 0.903. The van der Waals surface area contributed by atoms with Gasteiger partial charge in [-0.2, -0.15) is 0 Å². The highest BCUT2D eigenvalue weighted by Gasteiger charge is 2.53. The molecule has 1 aromatic heterocycles. The largest absolute Gasteiger partial charge is 0.363 e. The minimum absolute atomic E-state index is 0.0476. The molecule has 126 valence electrons. The van der Waals surface area contributed by atoms with Gasteiger partial charge < -0.3 is 19.9 Å². The summed E-state index contributed by atoms with van der Waals surface area (Å²) >= 11 is 0. The van der Waals surface area contributed by atoms with Crippen molar-refractivity contribution >= 4 is 5.91 Å². The molecular formula is C16H18N4O4. The van der Waals surface area contributed by atoms with E-state index in [0.29, 0.717) is 0 Å². The van der Waals surface area contributed by atoms with Crippen molar-refractivity contribution in [3.05, 3.63) is 48.0 Å². The van der Waals surface area contributed by atoms with Crippen LogP contribution in [-0.4, -0.2) is 39.0 Å². The van der Waals surface area contributed by atoms with Gasteiger partial charge in [0, 0.05) is 5.56 Å². The average molecular weight is 330 g/mol. The number of nitrogens with zero attached hydrogens (tertiary/aromatic N) is 3. The van der Waals surface area contributed by atoms with Crippen LogP contribution in [0.4, 0.5) is 0 Å². The summed E-state index contributed by atoms with van der Waals surface area (Å²) in [5, 5.41) is 4.09. The lowest BCUT2D eigenvalue weighted by Gasteiger charge is -2.19. The molecule has 2 aromatic rings. The van der Waals surface area contributed by atoms with E-state index in [2.05, 4.69) is 10.1 Å². The molecule has 0 saturated carbocycles. The maximum absolute atomic E-state index is 11.2. The van der Waals surface area contributed by atoms with E-state index in [1.54, 1.807) is 0 Å². The van der Waals surface area contributed by atoms with Crippen molar-refractivity contribution in [2.24, 2.45) is 5.73 Å². The monoisotopic (exact) mass is 330 g/mol. The molecule has 8 nitrogen and oxygen atoms in total. The van der Waals surface area contributed by atoms with Crippen LogP contribution in [0.25, 0.3) is 0 Å². The summed E-state index contributed by atoms with van der Waals surface area (Å²) in [5.74, 6) is -0.727. The van der Waals surface area contributed by atoms with Gasteiger partial charge in [-0.15, -0.1) is 5.10 Å². The van der Waals surface area contributed by atoms with Gasteiger partial charge in [0.05, 0.1) is 6.10 Å². The third kappa shape index (κ3) is 2.48. The first kappa shape index (κ1) is 15.3. The van der Waals surface area contributed by atoms with E-state index in [1.165, 1.54) is 11.0 Å². The molecule has 0 bridgehead atoms. The van der Waals surface area contributed by atoms with Gasteiger partial charge in [-0.25, -0.2) is 9.67 Å². The second kappa shape index (κ2) is 5.97. The first-order chi connectivity index (χ1) is 11.7. The molecular weight excluding hydrogens is 312 g/mol. The Labute approximate surface area is 138 Å². The van der Waals surface area contributed by atoms with Crippen molar-refractivity contribution in [3.63, 3.8) is 0 Å². The molecule has 2 aliphatic rings. The predicted octanol–water partition coefficient (Wildman–Crippen LogP) is 1.17. The minimum Gasteiger partial charge on any atom is -0.363 e. The fraction of sp³-hybridized carbons (Fsp3) is 0.438. The highest BCUT2D eigenvalue weighted by atomic mass is 16.8. The van der Waals surface area contributed by atoms with E-state index in [-0.39, 0.29) is 24.1 Å². The number of primary amides is 1. The first-order valence-electron chi connectivity index (χ1n) is 7.89. The third-order valence-electron chi connectivity index (χ3n) is 4.31. The van der Waals surface area contributed by atoms with Gasteiger partial charge in [0.1, 0.15) is 18.5 Å². The van der Waals surface area contributed by atoms with E-state index in [9.17, 15) is 4.79 Å². The topological polar surface area (TPSA) is 101 Å². The summed E-state index contributed by atoms with van der Waals surface area (Å²) in [6, 6.07) is 9.75. The third-order valence-corrected chi connectivity index (χ3v) is 4.31. The number of ether oxygens (including phenoxy) is 3. The van der Waals surface area contributed by atoms with Crippen LogP contribution in [-0.2, 0) is 14.2 Å². The Morgan fingerprint density at radius 1 is 1.21 bits per heavy atom. The fourth-order valence-electron chi connectivity index (χ4n) is 3.15. The maximum Gasteiger partial charge on any atom is 0.288 e. The Balaban J connectivity index is 1.59. The zero-order chi connectivity index (χ0) is 16.7. The Bertz CT molecular complexity index is 735. The average Bonchev–Trinajstić information content (AvgIpc) is 3.30. The summed E-state index contributed by atoms with van der Waals surface area (Å²) < 4.78 is 19.6. The number of fused-ring (bicyclic) bond motifs is 1. The minimum atomic E-state index is -0.680. The van der Waals surface area contributed by atoms with Crippen LogP contribution in [0, 0.1) is 0 Å². The van der Waals surface area contributed by atoms with E-state index >= 15 is 0 Å². The van der Waals surface area contributed by atoms with Gasteiger partial charge in [-0.05, 0) is 6.42 Å². The maximum atomic E-state index is 11.2. The normalized spacial score (nSPS) is 32.0. The molecule has 1 aromatic carbocycles. The number of amides is 1. The lowest BCUT2D eigenvalue weighted by Crippen LogP contribution is -2.28. The number of hydrogen-bond acceptors (Lipinski definition) is 6. The van der Waals surface area contributed by atoms with Gasteiger partial charge >= 0.3 is 0 Å². The molecule has 2 aliphatic heterocycles. The molecule has 3 heterocycles. The van der Waals surface area contributed by atoms with Crippen LogP contribution in [0.3, 0.4) is 0 Å². The Hall–Kier alpha value is -2.29. The number of nitrogens with two attached hydrogens (primary N) is 1. The van der Waals surface area contributed by atoms with Crippen LogP contribution >= 0.6 is 0 Å². The molecule has 0 spiro atoms. The van der Waals surface area contributed by atoms with Crippen LogP contribution < -0.4 is 5.73 Å². The molecule has 1 amide bonds. The van der Waals surface area contributed by atoms with Gasteiger partial charge in [0.15, 0.2) is 12.5 Å². The molecule has 5 atom stereocenters. The Morgan fingerprint density at radius 3 is 2.62 bits per heavy atom. The number of rotatable bonds is 4.